The van der Waals surface area contributed by atoms with Crippen LogP contribution in [0.25, 0.3) is 0 Å². The smallest absolute Gasteiger partial charge is 0.306 e. The second-order valence-electron chi connectivity index (χ2n) is 3.03. The van der Waals surface area contributed by atoms with Crippen molar-refractivity contribution in [3.8, 4) is 0 Å². The van der Waals surface area contributed by atoms with Crippen LogP contribution in [0.2, 0.25) is 0 Å². The molecule has 0 aromatic carbocycles. The van der Waals surface area contributed by atoms with Gasteiger partial charge in [-0.1, -0.05) is 12.7 Å². The van der Waals surface area contributed by atoms with Gasteiger partial charge in [0.25, 0.3) is 0 Å². The third kappa shape index (κ3) is 4.30. The molecule has 0 saturated heterocycles. The second kappa shape index (κ2) is 6.38. The van der Waals surface area contributed by atoms with Crippen molar-refractivity contribution in [1.29, 1.82) is 0 Å². The van der Waals surface area contributed by atoms with E-state index in [-0.39, 0.29) is 13.2 Å². The van der Waals surface area contributed by atoms with E-state index in [4.69, 9.17) is 9.05 Å². The Labute approximate surface area is 98.8 Å². The minimum atomic E-state index is -4.63. The van der Waals surface area contributed by atoms with E-state index in [1.54, 1.807) is 0 Å². The summed E-state index contributed by atoms with van der Waals surface area (Å²) >= 11 is 0. The average molecular weight is 272 g/mol. The van der Waals surface area contributed by atoms with E-state index in [1.807, 2.05) is 0 Å². The van der Waals surface area contributed by atoms with E-state index in [1.165, 1.54) is 13.8 Å². The van der Waals surface area contributed by atoms with Crippen LogP contribution in [0.1, 0.15) is 20.8 Å². The van der Waals surface area contributed by atoms with Gasteiger partial charge in [0.15, 0.2) is 0 Å². The molecule has 0 atom stereocenters. The number of alkyl halides is 3. The Morgan fingerprint density at radius 3 is 1.94 bits per heavy atom. The Balaban J connectivity index is 5.59. The van der Waals surface area contributed by atoms with Crippen LogP contribution in [0.4, 0.5) is 13.2 Å². The van der Waals surface area contributed by atoms with Crippen molar-refractivity contribution in [1.82, 2.24) is 0 Å². The predicted octanol–water partition coefficient (Wildman–Crippen LogP) is 4.27. The van der Waals surface area contributed by atoms with E-state index in [2.05, 4.69) is 6.58 Å². The van der Waals surface area contributed by atoms with E-state index >= 15 is 0 Å². The van der Waals surface area contributed by atoms with Crippen LogP contribution in [-0.2, 0) is 13.6 Å². The van der Waals surface area contributed by atoms with Gasteiger partial charge in [-0.25, -0.2) is 0 Å². The van der Waals surface area contributed by atoms with Crippen molar-refractivity contribution in [2.45, 2.75) is 26.9 Å². The number of hydrogen-bond donors (Lipinski definition) is 0. The van der Waals surface area contributed by atoms with Gasteiger partial charge in [0.2, 0.25) is 0 Å². The first-order valence-electron chi connectivity index (χ1n) is 5.03. The molecule has 0 aliphatic carbocycles. The van der Waals surface area contributed by atoms with Crippen LogP contribution in [0.3, 0.4) is 0 Å². The Morgan fingerprint density at radius 1 is 1.29 bits per heavy atom. The van der Waals surface area contributed by atoms with Crippen molar-refractivity contribution < 1.29 is 26.8 Å². The lowest BCUT2D eigenvalue weighted by atomic mass is 10.2. The molecule has 0 aromatic rings. The molecule has 0 aliphatic rings. The fraction of sp³-hybridized carbons (Fsp3) is 0.600. The second-order valence-corrected chi connectivity index (χ2v) is 5.22. The largest absolute Gasteiger partial charge is 0.416 e. The minimum Gasteiger partial charge on any atom is -0.306 e. The van der Waals surface area contributed by atoms with E-state index in [0.29, 0.717) is 6.08 Å². The fourth-order valence-electron chi connectivity index (χ4n) is 1.19. The van der Waals surface area contributed by atoms with Crippen LogP contribution < -0.4 is 0 Å². The quantitative estimate of drug-likeness (QED) is 0.535. The van der Waals surface area contributed by atoms with Gasteiger partial charge in [-0.15, -0.1) is 0 Å². The van der Waals surface area contributed by atoms with E-state index in [9.17, 15) is 17.7 Å². The summed E-state index contributed by atoms with van der Waals surface area (Å²) in [7, 11) is -3.89. The van der Waals surface area contributed by atoms with Gasteiger partial charge in [0, 0.05) is 0 Å². The maximum atomic E-state index is 12.6. The summed E-state index contributed by atoms with van der Waals surface area (Å²) in [4.78, 5) is 0. The molecule has 0 amide bonds. The standard InChI is InChI=1S/C10H16F3O3P/c1-5-9(10(11,12)13)8(4)17(14,15-6-2)16-7-3/h5H,1,6-7H2,2-4H3/b9-8+. The van der Waals surface area contributed by atoms with Crippen LogP contribution in [0, 0.1) is 0 Å². The number of hydrogen-bond acceptors (Lipinski definition) is 3. The molecular formula is C10H16F3O3P. The summed E-state index contributed by atoms with van der Waals surface area (Å²) in [5, 5.41) is -0.469. The molecule has 0 bridgehead atoms. The molecule has 0 radical (unpaired) electrons. The van der Waals surface area contributed by atoms with Gasteiger partial charge in [-0.05, 0) is 20.8 Å². The minimum absolute atomic E-state index is 0.00308. The van der Waals surface area contributed by atoms with Crippen molar-refractivity contribution in [3.05, 3.63) is 23.5 Å². The van der Waals surface area contributed by atoms with Crippen molar-refractivity contribution >= 4 is 7.60 Å². The molecule has 0 rings (SSSR count). The molecule has 3 nitrogen and oxygen atoms in total. The molecule has 17 heavy (non-hydrogen) atoms. The third-order valence-electron chi connectivity index (χ3n) is 1.91. The number of rotatable bonds is 6. The Morgan fingerprint density at radius 2 is 1.71 bits per heavy atom. The molecule has 7 heteroatoms. The first kappa shape index (κ1) is 16.4. The van der Waals surface area contributed by atoms with Crippen LogP contribution in [0.15, 0.2) is 23.5 Å². The van der Waals surface area contributed by atoms with Gasteiger partial charge in [-0.2, -0.15) is 13.2 Å². The van der Waals surface area contributed by atoms with E-state index in [0.717, 1.165) is 6.92 Å². The van der Waals surface area contributed by atoms with Crippen molar-refractivity contribution in [2.75, 3.05) is 13.2 Å². The first-order chi connectivity index (χ1) is 7.72. The molecule has 0 heterocycles. The Bertz CT molecular complexity index is 337. The van der Waals surface area contributed by atoms with E-state index < -0.39 is 24.7 Å². The maximum absolute atomic E-state index is 12.6. The SMILES string of the molecule is C=C/C(=C(/C)P(=O)(OCC)OCC)C(F)(F)F. The highest BCUT2D eigenvalue weighted by Gasteiger charge is 2.39. The molecule has 100 valence electrons. The molecule has 0 saturated carbocycles. The maximum Gasteiger partial charge on any atom is 0.416 e. The summed E-state index contributed by atoms with van der Waals surface area (Å²) in [6.45, 7) is 7.20. The lowest BCUT2D eigenvalue weighted by Crippen LogP contribution is -2.13. The lowest BCUT2D eigenvalue weighted by molar-refractivity contribution is -0.0887. The molecule has 0 aliphatic heterocycles. The normalized spacial score (nSPS) is 14.5. The van der Waals surface area contributed by atoms with Gasteiger partial charge in [0.1, 0.15) is 0 Å². The number of halogens is 3. The molecule has 0 unspecified atom stereocenters. The Hall–Kier alpha value is -0.580. The van der Waals surface area contributed by atoms with Gasteiger partial charge in [-0.3, -0.25) is 4.57 Å². The monoisotopic (exact) mass is 272 g/mol. The van der Waals surface area contributed by atoms with Gasteiger partial charge in [0.05, 0.1) is 24.1 Å². The fourth-order valence-corrected chi connectivity index (χ4v) is 2.84. The lowest BCUT2D eigenvalue weighted by Gasteiger charge is -2.20. The topological polar surface area (TPSA) is 35.5 Å². The highest BCUT2D eigenvalue weighted by atomic mass is 31.2. The highest BCUT2D eigenvalue weighted by Crippen LogP contribution is 2.58. The summed E-state index contributed by atoms with van der Waals surface area (Å²) in [6.07, 6.45) is -4.02. The van der Waals surface area contributed by atoms with Gasteiger partial charge < -0.3 is 9.05 Å². The highest BCUT2D eigenvalue weighted by molar-refractivity contribution is 7.58. The Kier molecular flexibility index (Phi) is 6.16. The molecule has 0 spiro atoms. The molecular weight excluding hydrogens is 256 g/mol. The van der Waals surface area contributed by atoms with Crippen LogP contribution in [-0.4, -0.2) is 19.4 Å². The molecule has 0 aromatic heterocycles. The van der Waals surface area contributed by atoms with Crippen molar-refractivity contribution in [3.63, 3.8) is 0 Å². The van der Waals surface area contributed by atoms with Crippen LogP contribution >= 0.6 is 7.60 Å². The van der Waals surface area contributed by atoms with Crippen LogP contribution in [0.5, 0.6) is 0 Å². The summed E-state index contributed by atoms with van der Waals surface area (Å²) in [6, 6.07) is 0. The van der Waals surface area contributed by atoms with Gasteiger partial charge >= 0.3 is 13.8 Å². The molecule has 0 N–H and O–H groups in total. The number of allylic oxidation sites excluding steroid dienone is 3. The summed E-state index contributed by atoms with van der Waals surface area (Å²) < 4.78 is 59.6. The zero-order chi connectivity index (χ0) is 13.7. The molecule has 0 fully saturated rings. The third-order valence-corrected chi connectivity index (χ3v) is 4.17. The zero-order valence-electron chi connectivity index (χ0n) is 10.0. The predicted molar refractivity (Wildman–Crippen MR) is 59.8 cm³/mol. The zero-order valence-corrected chi connectivity index (χ0v) is 10.9. The summed E-state index contributed by atoms with van der Waals surface area (Å²) in [5.74, 6) is 0. The first-order valence-corrected chi connectivity index (χ1v) is 6.57. The summed E-state index contributed by atoms with van der Waals surface area (Å²) in [5.41, 5.74) is -1.08. The average Bonchev–Trinajstić information content (AvgIpc) is 2.17. The van der Waals surface area contributed by atoms with Crippen molar-refractivity contribution in [2.24, 2.45) is 0 Å².